The molecule has 3 heterocycles. The highest BCUT2D eigenvalue weighted by atomic mass is 35.5. The van der Waals surface area contributed by atoms with Gasteiger partial charge in [-0.15, -0.1) is 11.3 Å². The fourth-order valence-corrected chi connectivity index (χ4v) is 4.91. The largest absolute Gasteiger partial charge is 0.370 e. The highest BCUT2D eigenvalue weighted by molar-refractivity contribution is 7.12. The van der Waals surface area contributed by atoms with Crippen molar-refractivity contribution in [2.24, 2.45) is 0 Å². The third-order valence-corrected chi connectivity index (χ3v) is 6.55. The Bertz CT molecular complexity index is 849. The first kappa shape index (κ1) is 19.3. The summed E-state index contributed by atoms with van der Waals surface area (Å²) in [5.41, 5.74) is 1.74. The minimum Gasteiger partial charge on any atom is -0.370 e. The molecule has 4 rings (SSSR count). The molecule has 148 valence electrons. The van der Waals surface area contributed by atoms with Crippen molar-refractivity contribution >= 4 is 46.1 Å². The van der Waals surface area contributed by atoms with Crippen molar-refractivity contribution in [2.45, 2.75) is 38.1 Å². The molecule has 2 aliphatic rings. The van der Waals surface area contributed by atoms with Gasteiger partial charge in [-0.3, -0.25) is 9.59 Å². The molecule has 1 N–H and O–H groups in total. The van der Waals surface area contributed by atoms with Gasteiger partial charge in [0, 0.05) is 24.7 Å². The Balaban J connectivity index is 1.53. The van der Waals surface area contributed by atoms with E-state index in [9.17, 15) is 9.59 Å². The first-order valence-corrected chi connectivity index (χ1v) is 11.1. The number of amides is 2. The van der Waals surface area contributed by atoms with E-state index in [1.807, 2.05) is 35.7 Å². The summed E-state index contributed by atoms with van der Waals surface area (Å²) in [6, 6.07) is 8.88. The Morgan fingerprint density at radius 3 is 2.64 bits per heavy atom. The first-order chi connectivity index (χ1) is 13.6. The van der Waals surface area contributed by atoms with E-state index in [1.54, 1.807) is 4.90 Å². The van der Waals surface area contributed by atoms with Gasteiger partial charge in [0.05, 0.1) is 16.3 Å². The Morgan fingerprint density at radius 2 is 1.89 bits per heavy atom. The molecule has 0 radical (unpaired) electrons. The summed E-state index contributed by atoms with van der Waals surface area (Å²) in [5, 5.41) is 5.54. The highest BCUT2D eigenvalue weighted by Gasteiger charge is 2.35. The van der Waals surface area contributed by atoms with Crippen LogP contribution < -0.4 is 10.2 Å². The molecule has 0 aliphatic carbocycles. The molecular weight excluding hydrogens is 394 g/mol. The van der Waals surface area contributed by atoms with E-state index in [2.05, 4.69) is 10.2 Å². The van der Waals surface area contributed by atoms with Gasteiger partial charge in [0.15, 0.2) is 0 Å². The maximum Gasteiger partial charge on any atom is 0.264 e. The van der Waals surface area contributed by atoms with Crippen molar-refractivity contribution in [1.82, 2.24) is 4.90 Å². The number of thiophene rings is 1. The molecule has 5 nitrogen and oxygen atoms in total. The van der Waals surface area contributed by atoms with Crippen LogP contribution in [0.2, 0.25) is 5.02 Å². The van der Waals surface area contributed by atoms with E-state index in [1.165, 1.54) is 17.8 Å². The van der Waals surface area contributed by atoms with Gasteiger partial charge >= 0.3 is 0 Å². The molecule has 28 heavy (non-hydrogen) atoms. The van der Waals surface area contributed by atoms with Crippen molar-refractivity contribution in [1.29, 1.82) is 0 Å². The average molecular weight is 418 g/mol. The van der Waals surface area contributed by atoms with Crippen LogP contribution >= 0.6 is 22.9 Å². The molecule has 1 atom stereocenters. The topological polar surface area (TPSA) is 52.7 Å². The number of nitrogens with one attached hydrogen (secondary N) is 1. The number of likely N-dealkylation sites (tertiary alicyclic amines) is 1. The van der Waals surface area contributed by atoms with Gasteiger partial charge in [-0.05, 0) is 61.7 Å². The van der Waals surface area contributed by atoms with Crippen molar-refractivity contribution in [2.75, 3.05) is 29.9 Å². The number of carbonyl (C=O) groups is 2. The maximum absolute atomic E-state index is 13.1. The lowest BCUT2D eigenvalue weighted by Crippen LogP contribution is -2.43. The second-order valence-corrected chi connectivity index (χ2v) is 8.72. The Labute approximate surface area is 174 Å². The molecule has 0 unspecified atom stereocenters. The molecule has 0 bridgehead atoms. The quantitative estimate of drug-likeness (QED) is 0.788. The van der Waals surface area contributed by atoms with E-state index in [0.29, 0.717) is 22.9 Å². The summed E-state index contributed by atoms with van der Waals surface area (Å²) >= 11 is 7.62. The number of benzene rings is 1. The van der Waals surface area contributed by atoms with Crippen molar-refractivity contribution in [3.63, 3.8) is 0 Å². The van der Waals surface area contributed by atoms with Crippen LogP contribution in [-0.4, -0.2) is 42.4 Å². The lowest BCUT2D eigenvalue weighted by molar-refractivity contribution is -0.119. The molecule has 1 aromatic carbocycles. The summed E-state index contributed by atoms with van der Waals surface area (Å²) in [4.78, 5) is 30.5. The van der Waals surface area contributed by atoms with Gasteiger partial charge in [-0.25, -0.2) is 0 Å². The number of halogens is 1. The standard InChI is InChI=1S/C21H24ClN3O2S/c22-15-8-9-17(24-10-2-1-3-11-24)16(14-15)23-20(26)18-6-4-12-25(18)21(27)19-7-5-13-28-19/h5,7-9,13-14,18H,1-4,6,10-12H2,(H,23,26)/t18-/m0/s1. The van der Waals surface area contributed by atoms with E-state index in [0.717, 1.165) is 43.7 Å². The molecule has 2 saturated heterocycles. The highest BCUT2D eigenvalue weighted by Crippen LogP contribution is 2.32. The van der Waals surface area contributed by atoms with E-state index < -0.39 is 6.04 Å². The van der Waals surface area contributed by atoms with Crippen LogP contribution in [0, 0.1) is 0 Å². The summed E-state index contributed by atoms with van der Waals surface area (Å²) < 4.78 is 0. The van der Waals surface area contributed by atoms with E-state index >= 15 is 0 Å². The summed E-state index contributed by atoms with van der Waals surface area (Å²) in [6.07, 6.45) is 5.07. The second kappa shape index (κ2) is 8.53. The number of nitrogens with zero attached hydrogens (tertiary/aromatic N) is 2. The van der Waals surface area contributed by atoms with Crippen LogP contribution in [0.4, 0.5) is 11.4 Å². The summed E-state index contributed by atoms with van der Waals surface area (Å²) in [7, 11) is 0. The lowest BCUT2D eigenvalue weighted by atomic mass is 10.1. The van der Waals surface area contributed by atoms with E-state index in [4.69, 9.17) is 11.6 Å². The van der Waals surface area contributed by atoms with Crippen LogP contribution in [-0.2, 0) is 4.79 Å². The number of rotatable bonds is 4. The van der Waals surface area contributed by atoms with Gasteiger partial charge in [-0.2, -0.15) is 0 Å². The van der Waals surface area contributed by atoms with Crippen LogP contribution in [0.1, 0.15) is 41.8 Å². The molecule has 2 aliphatic heterocycles. The fraction of sp³-hybridized carbons (Fsp3) is 0.429. The monoisotopic (exact) mass is 417 g/mol. The molecule has 2 fully saturated rings. The Kier molecular flexibility index (Phi) is 5.87. The minimum absolute atomic E-state index is 0.0602. The number of piperidine rings is 1. The molecular formula is C21H24ClN3O2S. The third-order valence-electron chi connectivity index (χ3n) is 5.46. The minimum atomic E-state index is -0.442. The smallest absolute Gasteiger partial charge is 0.264 e. The first-order valence-electron chi connectivity index (χ1n) is 9.83. The zero-order valence-corrected chi connectivity index (χ0v) is 17.3. The van der Waals surface area contributed by atoms with Gasteiger partial charge in [0.2, 0.25) is 5.91 Å². The summed E-state index contributed by atoms with van der Waals surface area (Å²) in [6.45, 7) is 2.58. The second-order valence-electron chi connectivity index (χ2n) is 7.33. The van der Waals surface area contributed by atoms with Crippen molar-refractivity contribution < 1.29 is 9.59 Å². The zero-order chi connectivity index (χ0) is 19.5. The predicted octanol–water partition coefficient (Wildman–Crippen LogP) is 4.64. The van der Waals surface area contributed by atoms with Gasteiger partial charge in [-0.1, -0.05) is 17.7 Å². The normalized spacial score (nSPS) is 19.7. The molecule has 0 saturated carbocycles. The number of carbonyl (C=O) groups excluding carboxylic acids is 2. The van der Waals surface area contributed by atoms with Gasteiger partial charge in [0.1, 0.15) is 6.04 Å². The lowest BCUT2D eigenvalue weighted by Gasteiger charge is -2.31. The van der Waals surface area contributed by atoms with Crippen LogP contribution in [0.5, 0.6) is 0 Å². The maximum atomic E-state index is 13.1. The third kappa shape index (κ3) is 4.03. The molecule has 0 spiro atoms. The van der Waals surface area contributed by atoms with Crippen LogP contribution in [0.15, 0.2) is 35.7 Å². The van der Waals surface area contributed by atoms with Gasteiger partial charge < -0.3 is 15.1 Å². The predicted molar refractivity (Wildman–Crippen MR) is 115 cm³/mol. The van der Waals surface area contributed by atoms with Crippen LogP contribution in [0.3, 0.4) is 0 Å². The fourth-order valence-electron chi connectivity index (χ4n) is 4.06. The van der Waals surface area contributed by atoms with Gasteiger partial charge in [0.25, 0.3) is 5.91 Å². The Hall–Kier alpha value is -2.05. The summed E-state index contributed by atoms with van der Waals surface area (Å²) in [5.74, 6) is -0.196. The van der Waals surface area contributed by atoms with Crippen molar-refractivity contribution in [3.05, 3.63) is 45.6 Å². The zero-order valence-electron chi connectivity index (χ0n) is 15.7. The molecule has 1 aromatic heterocycles. The average Bonchev–Trinajstić information content (AvgIpc) is 3.40. The van der Waals surface area contributed by atoms with Crippen LogP contribution in [0.25, 0.3) is 0 Å². The Morgan fingerprint density at radius 1 is 1.07 bits per heavy atom. The molecule has 2 aromatic rings. The van der Waals surface area contributed by atoms with E-state index in [-0.39, 0.29) is 11.8 Å². The molecule has 2 amide bonds. The number of hydrogen-bond acceptors (Lipinski definition) is 4. The SMILES string of the molecule is O=C(Nc1cc(Cl)ccc1N1CCCCC1)[C@@H]1CCCN1C(=O)c1cccs1. The number of hydrogen-bond donors (Lipinski definition) is 1. The number of anilines is 2. The molecule has 7 heteroatoms. The van der Waals surface area contributed by atoms with Crippen molar-refractivity contribution in [3.8, 4) is 0 Å².